The van der Waals surface area contributed by atoms with Crippen LogP contribution in [-0.4, -0.2) is 52.0 Å². The number of alkyl halides is 6. The monoisotopic (exact) mass is 759 g/mol. The largest absolute Gasteiger partial charge is 0.573 e. The van der Waals surface area contributed by atoms with Gasteiger partial charge in [0.15, 0.2) is 5.65 Å². The Balaban J connectivity index is 1.58. The van der Waals surface area contributed by atoms with Crippen LogP contribution >= 0.6 is 23.2 Å². The van der Waals surface area contributed by atoms with Crippen molar-refractivity contribution in [3.05, 3.63) is 69.2 Å². The number of hydrogen-bond donors (Lipinski definition) is 3. The molecular weight excluding hydrogens is 727 g/mol. The molecule has 0 spiro atoms. The molecule has 0 bridgehead atoms. The normalized spacial score (nSPS) is 14.5. The number of pyridine rings is 1. The first-order valence-corrected chi connectivity index (χ1v) is 16.4. The minimum absolute atomic E-state index is 0.0415. The van der Waals surface area contributed by atoms with E-state index in [0.29, 0.717) is 11.1 Å². The number of primary amides is 1. The van der Waals surface area contributed by atoms with Crippen molar-refractivity contribution >= 4 is 63.6 Å². The second-order valence-electron chi connectivity index (χ2n) is 13.0. The van der Waals surface area contributed by atoms with Gasteiger partial charge in [0.1, 0.15) is 17.1 Å². The van der Waals surface area contributed by atoms with Gasteiger partial charge in [0.05, 0.1) is 33.8 Å². The van der Waals surface area contributed by atoms with Crippen LogP contribution in [0.25, 0.3) is 11.2 Å². The van der Waals surface area contributed by atoms with Gasteiger partial charge in [0.2, 0.25) is 11.9 Å². The van der Waals surface area contributed by atoms with E-state index in [-0.39, 0.29) is 89.2 Å². The molecule has 10 nitrogen and oxygen atoms in total. The van der Waals surface area contributed by atoms with Crippen LogP contribution in [0, 0.1) is 11.3 Å². The third kappa shape index (κ3) is 8.90. The number of nitrogens with two attached hydrogens (primary N) is 1. The number of carbonyl (C=O) groups is 2. The number of rotatable bonds is 9. The summed E-state index contributed by atoms with van der Waals surface area (Å²) in [6, 6.07) is 9.64. The highest BCUT2D eigenvalue weighted by atomic mass is 35.5. The molecule has 4 N–H and O–H groups in total. The number of carbonyl (C=O) groups excluding carboxylic acids is 2. The molecule has 1 saturated heterocycles. The molecule has 0 aliphatic carbocycles. The maximum absolute atomic E-state index is 13.4. The Morgan fingerprint density at radius 1 is 0.980 bits per heavy atom. The Hall–Kier alpha value is -4.44. The highest BCUT2D eigenvalue weighted by Gasteiger charge is 2.41. The smallest absolute Gasteiger partial charge is 0.406 e. The summed E-state index contributed by atoms with van der Waals surface area (Å²) in [6.45, 7) is 5.20. The molecule has 0 unspecified atom stereocenters. The van der Waals surface area contributed by atoms with Gasteiger partial charge in [-0.05, 0) is 48.2 Å². The second kappa shape index (κ2) is 14.3. The molecule has 2 aromatic carbocycles. The van der Waals surface area contributed by atoms with Gasteiger partial charge in [-0.1, -0.05) is 62.2 Å². The predicted molar refractivity (Wildman–Crippen MR) is 180 cm³/mol. The van der Waals surface area contributed by atoms with E-state index in [1.165, 1.54) is 18.2 Å². The van der Waals surface area contributed by atoms with Gasteiger partial charge >= 0.3 is 12.5 Å². The van der Waals surface area contributed by atoms with Crippen LogP contribution in [0.15, 0.2) is 42.5 Å². The number of anilines is 3. The van der Waals surface area contributed by atoms with Crippen LogP contribution in [0.1, 0.15) is 55.1 Å². The van der Waals surface area contributed by atoms with E-state index in [1.54, 1.807) is 42.4 Å². The van der Waals surface area contributed by atoms with Crippen LogP contribution in [0.3, 0.4) is 0 Å². The fourth-order valence-corrected chi connectivity index (χ4v) is 6.04. The minimum Gasteiger partial charge on any atom is -0.406 e. The molecule has 0 saturated carbocycles. The van der Waals surface area contributed by atoms with Gasteiger partial charge in [0.25, 0.3) is 5.91 Å². The number of hydrogen-bond acceptors (Lipinski definition) is 7. The lowest BCUT2D eigenvalue weighted by Gasteiger charge is -2.34. The number of benzene rings is 2. The van der Waals surface area contributed by atoms with Crippen LogP contribution in [0.5, 0.6) is 5.75 Å². The molecule has 274 valence electrons. The Labute approximate surface area is 298 Å². The first-order chi connectivity index (χ1) is 23.7. The number of fused-ring (bicyclic) bond motifs is 1. The molecule has 1 aliphatic heterocycles. The van der Waals surface area contributed by atoms with E-state index in [0.717, 1.165) is 12.1 Å². The van der Waals surface area contributed by atoms with Crippen LogP contribution in [-0.2, 0) is 17.9 Å². The van der Waals surface area contributed by atoms with Crippen molar-refractivity contribution in [2.75, 3.05) is 23.3 Å². The lowest BCUT2D eigenvalue weighted by atomic mass is 9.95. The third-order valence-corrected chi connectivity index (χ3v) is 9.00. The Morgan fingerprint density at radius 3 is 2.20 bits per heavy atom. The summed E-state index contributed by atoms with van der Waals surface area (Å²) in [5.41, 5.74) is 6.52. The molecule has 2 amide bonds. The van der Waals surface area contributed by atoms with E-state index in [4.69, 9.17) is 28.9 Å². The Morgan fingerprint density at radius 2 is 1.63 bits per heavy atom. The molecule has 5 rings (SSSR count). The molecule has 1 aliphatic rings. The summed E-state index contributed by atoms with van der Waals surface area (Å²) in [4.78, 5) is 36.0. The summed E-state index contributed by atoms with van der Waals surface area (Å²) in [7, 11) is 0. The van der Waals surface area contributed by atoms with Gasteiger partial charge in [-0.3, -0.25) is 14.2 Å². The highest BCUT2D eigenvalue weighted by Crippen LogP contribution is 2.39. The van der Waals surface area contributed by atoms with Crippen molar-refractivity contribution in [3.63, 3.8) is 0 Å². The van der Waals surface area contributed by atoms with Crippen LogP contribution < -0.4 is 26.0 Å². The summed E-state index contributed by atoms with van der Waals surface area (Å²) >= 11 is 13.3. The maximum Gasteiger partial charge on any atom is 0.573 e. The van der Waals surface area contributed by atoms with Crippen molar-refractivity contribution in [1.82, 2.24) is 19.9 Å². The van der Waals surface area contributed by atoms with E-state index in [9.17, 15) is 35.9 Å². The van der Waals surface area contributed by atoms with Crippen molar-refractivity contribution in [3.8, 4) is 5.75 Å². The highest BCUT2D eigenvalue weighted by molar-refractivity contribution is 6.39. The van der Waals surface area contributed by atoms with Crippen molar-refractivity contribution in [1.29, 1.82) is 0 Å². The zero-order valence-electron chi connectivity index (χ0n) is 27.5. The average Bonchev–Trinajstić information content (AvgIpc) is 3.36. The molecule has 1 fully saturated rings. The zero-order valence-corrected chi connectivity index (χ0v) is 29.0. The topological polar surface area (TPSA) is 127 Å². The van der Waals surface area contributed by atoms with Gasteiger partial charge in [0, 0.05) is 25.0 Å². The van der Waals surface area contributed by atoms with Crippen LogP contribution in [0.4, 0.5) is 43.8 Å². The number of aromatic nitrogens is 3. The molecule has 18 heteroatoms. The second-order valence-corrected chi connectivity index (χ2v) is 13.8. The summed E-state index contributed by atoms with van der Waals surface area (Å²) in [5, 5.41) is 6.25. The summed E-state index contributed by atoms with van der Waals surface area (Å²) in [5.74, 6) is -2.89. The molecule has 0 radical (unpaired) electrons. The number of piperidine rings is 1. The Bertz CT molecular complexity index is 1940. The van der Waals surface area contributed by atoms with Gasteiger partial charge in [-0.25, -0.2) is 9.97 Å². The van der Waals surface area contributed by atoms with Gasteiger partial charge in [-0.15, -0.1) is 13.2 Å². The van der Waals surface area contributed by atoms with Crippen molar-refractivity contribution in [2.45, 2.75) is 59.2 Å². The first-order valence-electron chi connectivity index (χ1n) is 15.6. The number of nitrogens with zero attached hydrogens (tertiary/aromatic N) is 4. The fourth-order valence-electron chi connectivity index (χ4n) is 5.50. The van der Waals surface area contributed by atoms with E-state index in [2.05, 4.69) is 25.3 Å². The molecular formula is C33H33Cl2F6N7O3. The predicted octanol–water partition coefficient (Wildman–Crippen LogP) is 7.97. The van der Waals surface area contributed by atoms with E-state index in [1.807, 2.05) is 0 Å². The number of nitrogens with one attached hydrogen (secondary N) is 2. The maximum atomic E-state index is 13.4. The minimum atomic E-state index is -4.89. The molecule has 3 heterocycles. The number of imidazole rings is 1. The van der Waals surface area contributed by atoms with Crippen LogP contribution in [0.2, 0.25) is 10.0 Å². The fraction of sp³-hybridized carbons (Fsp3) is 0.394. The average molecular weight is 761 g/mol. The molecule has 0 atom stereocenters. The summed E-state index contributed by atoms with van der Waals surface area (Å²) < 4.78 is 84.1. The number of halogens is 8. The lowest BCUT2D eigenvalue weighted by molar-refractivity contribution is -0.274. The standard InChI is InChI=1S/C33H33Cl2F6N7O3/c1-31(2,3)29(50)43-15-18-6-9-22(34)25(24(18)35)45-30-44-23-14-21(26(42)49)27(47-12-10-19(11-13-47)32(36,37)38)46-28(23)48(30)16-17-4-7-20(8-5-17)51-33(39,40)41/h4-9,14,19H,10-13,15-16H2,1-3H3,(H2,42,49)(H,43,50)(H,44,45). The SMILES string of the molecule is CC(C)(C)C(=O)NCc1ccc(Cl)c(Nc2nc3cc(C(N)=O)c(N4CCC(C(F)(F)F)CC4)nc3n2Cc2ccc(OC(F)(F)F)cc2)c1Cl. The summed E-state index contributed by atoms with van der Waals surface area (Å²) in [6.07, 6.45) is -9.70. The number of ether oxygens (including phenoxy) is 1. The molecule has 4 aromatic rings. The van der Waals surface area contributed by atoms with Crippen molar-refractivity contribution < 1.29 is 40.7 Å². The lowest BCUT2D eigenvalue weighted by Crippen LogP contribution is -2.40. The van der Waals surface area contributed by atoms with E-state index >= 15 is 0 Å². The number of amides is 2. The first kappa shape index (κ1) is 37.8. The zero-order chi connectivity index (χ0) is 37.5. The van der Waals surface area contributed by atoms with E-state index < -0.39 is 35.5 Å². The van der Waals surface area contributed by atoms with Gasteiger partial charge < -0.3 is 26.0 Å². The van der Waals surface area contributed by atoms with Gasteiger partial charge in [-0.2, -0.15) is 13.2 Å². The molecule has 2 aromatic heterocycles. The quantitative estimate of drug-likeness (QED) is 0.148. The molecule has 51 heavy (non-hydrogen) atoms. The third-order valence-electron chi connectivity index (χ3n) is 8.25. The van der Waals surface area contributed by atoms with Crippen molar-refractivity contribution in [2.24, 2.45) is 17.1 Å². The Kier molecular flexibility index (Phi) is 10.6.